The molecular formula is C63H38N2OS2. The average Bonchev–Trinajstić information content (AvgIpc) is 4.13. The lowest BCUT2D eigenvalue weighted by Gasteiger charge is -2.39. The van der Waals surface area contributed by atoms with Crippen molar-refractivity contribution in [3.05, 3.63) is 253 Å². The molecule has 2 aliphatic rings. The molecule has 1 spiro atoms. The van der Waals surface area contributed by atoms with Gasteiger partial charge in [-0.05, 0) is 146 Å². The van der Waals surface area contributed by atoms with Crippen LogP contribution in [-0.4, -0.2) is 9.97 Å². The molecule has 10 aromatic carbocycles. The van der Waals surface area contributed by atoms with Crippen LogP contribution in [0.4, 0.5) is 0 Å². The number of hydrogen-bond donors (Lipinski definition) is 0. The van der Waals surface area contributed by atoms with Crippen LogP contribution in [0.1, 0.15) is 22.3 Å². The molecule has 0 fully saturated rings. The smallest absolute Gasteiger partial charge is 0.132 e. The van der Waals surface area contributed by atoms with Gasteiger partial charge in [0.1, 0.15) is 21.5 Å². The highest BCUT2D eigenvalue weighted by molar-refractivity contribution is 7.22. The van der Waals surface area contributed by atoms with Crippen LogP contribution in [0, 0.1) is 0 Å². The molecule has 0 saturated carbocycles. The van der Waals surface area contributed by atoms with Gasteiger partial charge in [-0.2, -0.15) is 0 Å². The normalized spacial score (nSPS) is 12.9. The van der Waals surface area contributed by atoms with E-state index >= 15 is 0 Å². The van der Waals surface area contributed by atoms with Gasteiger partial charge in [-0.25, -0.2) is 9.97 Å². The van der Waals surface area contributed by atoms with E-state index in [1.807, 2.05) is 0 Å². The molecule has 68 heavy (non-hydrogen) atoms. The number of ether oxygens (including phenoxy) is 1. The Morgan fingerprint density at radius 2 is 0.691 bits per heavy atom. The molecule has 0 atom stereocenters. The van der Waals surface area contributed by atoms with Gasteiger partial charge in [0.05, 0.1) is 25.8 Å². The van der Waals surface area contributed by atoms with E-state index in [4.69, 9.17) is 14.7 Å². The number of aromatic nitrogens is 2. The monoisotopic (exact) mass is 902 g/mol. The topological polar surface area (TPSA) is 35.0 Å². The highest BCUT2D eigenvalue weighted by atomic mass is 32.1. The molecular weight excluding hydrogens is 865 g/mol. The van der Waals surface area contributed by atoms with Crippen molar-refractivity contribution in [3.63, 3.8) is 0 Å². The van der Waals surface area contributed by atoms with E-state index in [1.54, 1.807) is 22.7 Å². The first-order chi connectivity index (χ1) is 33.6. The van der Waals surface area contributed by atoms with E-state index in [0.29, 0.717) is 0 Å². The summed E-state index contributed by atoms with van der Waals surface area (Å²) in [6.45, 7) is 0. The molecule has 0 amide bonds. The van der Waals surface area contributed by atoms with Crippen LogP contribution in [-0.2, 0) is 5.41 Å². The van der Waals surface area contributed by atoms with E-state index in [2.05, 4.69) is 231 Å². The lowest BCUT2D eigenvalue weighted by atomic mass is 9.66. The number of fused-ring (bicyclic) bond motifs is 11. The lowest BCUT2D eigenvalue weighted by molar-refractivity contribution is 0.436. The second-order valence-corrected chi connectivity index (χ2v) is 19.7. The summed E-state index contributed by atoms with van der Waals surface area (Å²) in [5, 5.41) is 2.01. The minimum atomic E-state index is -0.479. The van der Waals surface area contributed by atoms with Gasteiger partial charge in [-0.15, -0.1) is 22.7 Å². The summed E-state index contributed by atoms with van der Waals surface area (Å²) in [6.07, 6.45) is 0. The van der Waals surface area contributed by atoms with Gasteiger partial charge >= 0.3 is 0 Å². The molecule has 0 N–H and O–H groups in total. The quantitative estimate of drug-likeness (QED) is 0.167. The third kappa shape index (κ3) is 6.17. The van der Waals surface area contributed by atoms with Gasteiger partial charge in [-0.1, -0.05) is 152 Å². The van der Waals surface area contributed by atoms with Crippen LogP contribution in [0.3, 0.4) is 0 Å². The van der Waals surface area contributed by atoms with Crippen molar-refractivity contribution in [1.29, 1.82) is 0 Å². The van der Waals surface area contributed by atoms with Gasteiger partial charge in [0, 0.05) is 22.3 Å². The Labute approximate surface area is 401 Å². The second-order valence-electron chi connectivity index (χ2n) is 17.7. The maximum atomic E-state index is 6.56. The van der Waals surface area contributed by atoms with E-state index in [-0.39, 0.29) is 0 Å². The van der Waals surface area contributed by atoms with Crippen LogP contribution in [0.5, 0.6) is 11.5 Å². The molecule has 0 saturated heterocycles. The third-order valence-electron chi connectivity index (χ3n) is 13.8. The molecule has 3 heterocycles. The van der Waals surface area contributed by atoms with E-state index in [0.717, 1.165) is 60.4 Å². The summed E-state index contributed by atoms with van der Waals surface area (Å²) >= 11 is 3.47. The minimum absolute atomic E-state index is 0.479. The summed E-state index contributed by atoms with van der Waals surface area (Å²) in [4.78, 5) is 10.2. The Bertz CT molecular complexity index is 3790. The van der Waals surface area contributed by atoms with Crippen LogP contribution in [0.15, 0.2) is 231 Å². The molecule has 0 unspecified atom stereocenters. The van der Waals surface area contributed by atoms with Crippen molar-refractivity contribution in [2.75, 3.05) is 0 Å². The Kier molecular flexibility index (Phi) is 8.85. The third-order valence-corrected chi connectivity index (χ3v) is 16.0. The summed E-state index contributed by atoms with van der Waals surface area (Å²) < 4.78 is 8.92. The maximum absolute atomic E-state index is 6.56. The van der Waals surface area contributed by atoms with Gasteiger partial charge in [0.25, 0.3) is 0 Å². The Morgan fingerprint density at radius 1 is 0.294 bits per heavy atom. The molecule has 1 aliphatic carbocycles. The number of thiazole rings is 2. The number of benzene rings is 10. The Balaban J connectivity index is 0.829. The van der Waals surface area contributed by atoms with Crippen molar-refractivity contribution in [1.82, 2.24) is 9.97 Å². The first-order valence-electron chi connectivity index (χ1n) is 22.9. The highest BCUT2D eigenvalue weighted by Crippen LogP contribution is 2.62. The zero-order chi connectivity index (χ0) is 44.8. The van der Waals surface area contributed by atoms with Gasteiger partial charge in [0.15, 0.2) is 0 Å². The molecule has 0 radical (unpaired) electrons. The Hall–Kier alpha value is -8.22. The van der Waals surface area contributed by atoms with Crippen LogP contribution >= 0.6 is 22.7 Å². The summed E-state index contributed by atoms with van der Waals surface area (Å²) in [7, 11) is 0. The number of nitrogens with zero attached hydrogens (tertiary/aromatic N) is 2. The summed E-state index contributed by atoms with van der Waals surface area (Å²) in [5.74, 6) is 1.81. The summed E-state index contributed by atoms with van der Waals surface area (Å²) in [6, 6.07) is 83.5. The van der Waals surface area contributed by atoms with Gasteiger partial charge < -0.3 is 4.74 Å². The fourth-order valence-corrected chi connectivity index (χ4v) is 12.6. The van der Waals surface area contributed by atoms with Crippen molar-refractivity contribution >= 4 is 43.1 Å². The summed E-state index contributed by atoms with van der Waals surface area (Å²) in [5.41, 5.74) is 20.5. The number of rotatable bonds is 6. The largest absolute Gasteiger partial charge is 0.457 e. The van der Waals surface area contributed by atoms with Crippen LogP contribution in [0.25, 0.3) is 97.2 Å². The molecule has 3 nitrogen and oxygen atoms in total. The predicted octanol–water partition coefficient (Wildman–Crippen LogP) is 17.4. The molecule has 5 heteroatoms. The fourth-order valence-electron chi connectivity index (χ4n) is 10.7. The molecule has 2 aromatic heterocycles. The molecule has 12 aromatic rings. The van der Waals surface area contributed by atoms with Crippen molar-refractivity contribution < 1.29 is 4.74 Å². The molecule has 0 bridgehead atoms. The predicted molar refractivity (Wildman–Crippen MR) is 283 cm³/mol. The van der Waals surface area contributed by atoms with Crippen LogP contribution in [0.2, 0.25) is 0 Å². The molecule has 1 aliphatic heterocycles. The van der Waals surface area contributed by atoms with Crippen molar-refractivity contribution in [2.24, 2.45) is 0 Å². The van der Waals surface area contributed by atoms with Gasteiger partial charge in [0.2, 0.25) is 0 Å². The zero-order valence-electron chi connectivity index (χ0n) is 36.6. The van der Waals surface area contributed by atoms with Crippen molar-refractivity contribution in [2.45, 2.75) is 5.41 Å². The molecule has 318 valence electrons. The van der Waals surface area contributed by atoms with Gasteiger partial charge in [-0.3, -0.25) is 0 Å². The SMILES string of the molecule is c1cc(-c2cccc(-c3cc(-c4nc5ccccc5s4)cc(-c4nc5ccccc5s4)c3)c2)cc(-c2cccc(-c3ccc4c(c3)-c3ccccc3C43c4ccccc4Oc4ccccc43)c2)c1. The second kappa shape index (κ2) is 15.4. The highest BCUT2D eigenvalue weighted by Gasteiger charge is 2.50. The van der Waals surface area contributed by atoms with E-state index in [1.165, 1.54) is 70.6 Å². The first-order valence-corrected chi connectivity index (χ1v) is 24.6. The first kappa shape index (κ1) is 39.0. The Morgan fingerprint density at radius 3 is 1.22 bits per heavy atom. The fraction of sp³-hybridized carbons (Fsp3) is 0.0159. The average molecular weight is 903 g/mol. The minimum Gasteiger partial charge on any atom is -0.457 e. The van der Waals surface area contributed by atoms with Crippen molar-refractivity contribution in [3.8, 4) is 88.3 Å². The van der Waals surface area contributed by atoms with E-state index in [9.17, 15) is 0 Å². The van der Waals surface area contributed by atoms with E-state index < -0.39 is 5.41 Å². The number of para-hydroxylation sites is 4. The molecule has 14 rings (SSSR count). The van der Waals surface area contributed by atoms with Crippen LogP contribution < -0.4 is 4.74 Å². The maximum Gasteiger partial charge on any atom is 0.132 e. The lowest BCUT2D eigenvalue weighted by Crippen LogP contribution is -2.32. The zero-order valence-corrected chi connectivity index (χ0v) is 38.2. The number of hydrogen-bond acceptors (Lipinski definition) is 5. The standard InChI is InChI=1S/C63H38N2OS2/c1-2-21-51-49(20-1)50-38-45(30-31-52(50)63(51)53-22-3-7-26-57(53)66-58-27-8-4-23-54(58)63)43-18-12-16-41(33-43)39-14-11-15-40(32-39)42-17-13-19-44(34-42)46-35-47(61-64-55-24-5-9-28-59(55)67-61)37-48(36-46)62-65-56-25-6-10-29-60(56)68-62/h1-38H.